The van der Waals surface area contributed by atoms with Gasteiger partial charge >= 0.3 is 12.0 Å². The van der Waals surface area contributed by atoms with E-state index in [1.807, 2.05) is 6.07 Å². The second-order valence-electron chi connectivity index (χ2n) is 3.39. The van der Waals surface area contributed by atoms with Crippen LogP contribution < -0.4 is 15.4 Å². The molecule has 7 heteroatoms. The quantitative estimate of drug-likeness (QED) is 0.765. The van der Waals surface area contributed by atoms with Gasteiger partial charge in [-0.15, -0.1) is 0 Å². The van der Waals surface area contributed by atoms with Gasteiger partial charge in [-0.2, -0.15) is 0 Å². The van der Waals surface area contributed by atoms with Gasteiger partial charge in [-0.25, -0.2) is 4.79 Å². The molecule has 0 heterocycles. The minimum atomic E-state index is -1.09. The van der Waals surface area contributed by atoms with Gasteiger partial charge in [0.15, 0.2) is 0 Å². The number of rotatable bonds is 5. The molecular formula is C11H13BrN2O4. The number of hydrogen-bond acceptors (Lipinski definition) is 3. The van der Waals surface area contributed by atoms with Gasteiger partial charge in [0.2, 0.25) is 0 Å². The summed E-state index contributed by atoms with van der Waals surface area (Å²) in [6.07, 6.45) is 0. The van der Waals surface area contributed by atoms with Crippen molar-refractivity contribution >= 4 is 27.9 Å². The van der Waals surface area contributed by atoms with E-state index >= 15 is 0 Å². The lowest BCUT2D eigenvalue weighted by molar-refractivity contribution is -0.135. The lowest BCUT2D eigenvalue weighted by atomic mass is 10.2. The molecular weight excluding hydrogens is 304 g/mol. The predicted octanol–water partition coefficient (Wildman–Crippen LogP) is 1.34. The van der Waals surface area contributed by atoms with Crippen LogP contribution in [0.1, 0.15) is 5.56 Å². The summed E-state index contributed by atoms with van der Waals surface area (Å²) in [7, 11) is 1.56. The Kier molecular flexibility index (Phi) is 5.44. The number of urea groups is 1. The van der Waals surface area contributed by atoms with Gasteiger partial charge in [-0.05, 0) is 23.8 Å². The molecule has 1 aromatic rings. The first-order valence-electron chi connectivity index (χ1n) is 5.09. The first-order chi connectivity index (χ1) is 8.52. The molecule has 0 bridgehead atoms. The maximum Gasteiger partial charge on any atom is 0.323 e. The molecule has 0 atom stereocenters. The maximum absolute atomic E-state index is 11.3. The van der Waals surface area contributed by atoms with E-state index in [-0.39, 0.29) is 6.54 Å². The molecule has 0 aliphatic rings. The lowest BCUT2D eigenvalue weighted by Gasteiger charge is -2.09. The van der Waals surface area contributed by atoms with E-state index in [2.05, 4.69) is 26.6 Å². The molecule has 0 aliphatic heterocycles. The number of hydrogen-bond donors (Lipinski definition) is 3. The number of amides is 2. The van der Waals surface area contributed by atoms with Crippen molar-refractivity contribution in [1.82, 2.24) is 10.6 Å². The number of carbonyl (C=O) groups excluding carboxylic acids is 1. The van der Waals surface area contributed by atoms with E-state index in [1.165, 1.54) is 0 Å². The first-order valence-corrected chi connectivity index (χ1v) is 5.88. The van der Waals surface area contributed by atoms with Crippen LogP contribution in [0.2, 0.25) is 0 Å². The molecule has 0 aliphatic carbocycles. The summed E-state index contributed by atoms with van der Waals surface area (Å²) in [4.78, 5) is 21.5. The van der Waals surface area contributed by atoms with Crippen molar-refractivity contribution in [3.8, 4) is 5.75 Å². The number of benzene rings is 1. The number of ether oxygens (including phenoxy) is 1. The number of carboxylic acid groups (broad SMARTS) is 1. The summed E-state index contributed by atoms with van der Waals surface area (Å²) in [6, 6.07) is 4.84. The van der Waals surface area contributed by atoms with Crippen molar-refractivity contribution in [2.45, 2.75) is 6.54 Å². The number of aliphatic carboxylic acids is 1. The molecule has 98 valence electrons. The van der Waals surface area contributed by atoms with Crippen molar-refractivity contribution in [1.29, 1.82) is 0 Å². The van der Waals surface area contributed by atoms with Crippen molar-refractivity contribution in [2.24, 2.45) is 0 Å². The SMILES string of the molecule is COc1ccc(Br)c(CNC(=O)NCC(=O)O)c1. The summed E-state index contributed by atoms with van der Waals surface area (Å²) >= 11 is 3.35. The third-order valence-corrected chi connectivity index (χ3v) is 2.87. The Morgan fingerprint density at radius 3 is 2.72 bits per heavy atom. The zero-order chi connectivity index (χ0) is 13.5. The van der Waals surface area contributed by atoms with Crippen molar-refractivity contribution in [3.05, 3.63) is 28.2 Å². The van der Waals surface area contributed by atoms with E-state index in [9.17, 15) is 9.59 Å². The number of carboxylic acids is 1. The number of nitrogens with one attached hydrogen (secondary N) is 2. The Bertz CT molecular complexity index is 451. The van der Waals surface area contributed by atoms with Gasteiger partial charge < -0.3 is 20.5 Å². The van der Waals surface area contributed by atoms with Crippen LogP contribution in [0.25, 0.3) is 0 Å². The number of carbonyl (C=O) groups is 2. The van der Waals surface area contributed by atoms with Crippen LogP contribution in [0, 0.1) is 0 Å². The molecule has 0 aromatic heterocycles. The maximum atomic E-state index is 11.3. The van der Waals surface area contributed by atoms with Crippen LogP contribution >= 0.6 is 15.9 Å². The van der Waals surface area contributed by atoms with Crippen molar-refractivity contribution < 1.29 is 19.4 Å². The molecule has 1 rings (SSSR count). The Hall–Kier alpha value is -1.76. The summed E-state index contributed by atoms with van der Waals surface area (Å²) < 4.78 is 5.90. The van der Waals surface area contributed by atoms with Crippen molar-refractivity contribution in [2.75, 3.05) is 13.7 Å². The Labute approximate surface area is 112 Å². The standard InChI is InChI=1S/C11H13BrN2O4/c1-18-8-2-3-9(12)7(4-8)5-13-11(17)14-6-10(15)16/h2-4H,5-6H2,1H3,(H,15,16)(H2,13,14,17). The highest BCUT2D eigenvalue weighted by Crippen LogP contribution is 2.22. The topological polar surface area (TPSA) is 87.7 Å². The molecule has 0 saturated carbocycles. The Morgan fingerprint density at radius 1 is 1.39 bits per heavy atom. The van der Waals surface area contributed by atoms with E-state index in [1.54, 1.807) is 19.2 Å². The molecule has 6 nitrogen and oxygen atoms in total. The minimum Gasteiger partial charge on any atom is -0.497 e. The smallest absolute Gasteiger partial charge is 0.323 e. The summed E-state index contributed by atoms with van der Waals surface area (Å²) in [5.41, 5.74) is 0.833. The molecule has 0 unspecified atom stereocenters. The van der Waals surface area contributed by atoms with Crippen molar-refractivity contribution in [3.63, 3.8) is 0 Å². The van der Waals surface area contributed by atoms with E-state index in [0.29, 0.717) is 5.75 Å². The summed E-state index contributed by atoms with van der Waals surface area (Å²) in [5.74, 6) is -0.409. The fraction of sp³-hybridized carbons (Fsp3) is 0.273. The number of methoxy groups -OCH3 is 1. The molecule has 3 N–H and O–H groups in total. The average Bonchev–Trinajstić information content (AvgIpc) is 2.35. The average molecular weight is 317 g/mol. The highest BCUT2D eigenvalue weighted by atomic mass is 79.9. The molecule has 2 amide bonds. The molecule has 0 fully saturated rings. The summed E-state index contributed by atoms with van der Waals surface area (Å²) in [6.45, 7) is -0.144. The van der Waals surface area contributed by atoms with Gasteiger partial charge in [0.1, 0.15) is 12.3 Å². The van der Waals surface area contributed by atoms with E-state index in [4.69, 9.17) is 9.84 Å². The van der Waals surface area contributed by atoms with E-state index < -0.39 is 18.5 Å². The number of halogens is 1. The van der Waals surface area contributed by atoms with Gasteiger partial charge in [0.05, 0.1) is 7.11 Å². The highest BCUT2D eigenvalue weighted by Gasteiger charge is 2.06. The first kappa shape index (κ1) is 14.3. The van der Waals surface area contributed by atoms with Gasteiger partial charge in [0, 0.05) is 11.0 Å². The summed E-state index contributed by atoms with van der Waals surface area (Å²) in [5, 5.41) is 13.1. The molecule has 18 heavy (non-hydrogen) atoms. The second-order valence-corrected chi connectivity index (χ2v) is 4.24. The lowest BCUT2D eigenvalue weighted by Crippen LogP contribution is -2.38. The monoisotopic (exact) mass is 316 g/mol. The van der Waals surface area contributed by atoms with Crippen LogP contribution in [0.15, 0.2) is 22.7 Å². The normalized spacial score (nSPS) is 9.67. The van der Waals surface area contributed by atoms with E-state index in [0.717, 1.165) is 10.0 Å². The third kappa shape index (κ3) is 4.62. The second kappa shape index (κ2) is 6.85. The highest BCUT2D eigenvalue weighted by molar-refractivity contribution is 9.10. The van der Waals surface area contributed by atoms with Gasteiger partial charge in [-0.3, -0.25) is 4.79 Å². The zero-order valence-corrected chi connectivity index (χ0v) is 11.3. The van der Waals surface area contributed by atoms with Crippen LogP contribution in [0.5, 0.6) is 5.75 Å². The van der Waals surface area contributed by atoms with Crippen LogP contribution in [-0.4, -0.2) is 30.8 Å². The van der Waals surface area contributed by atoms with Crippen LogP contribution in [-0.2, 0) is 11.3 Å². The molecule has 0 saturated heterocycles. The van der Waals surface area contributed by atoms with Gasteiger partial charge in [-0.1, -0.05) is 15.9 Å². The molecule has 1 aromatic carbocycles. The van der Waals surface area contributed by atoms with Gasteiger partial charge in [0.25, 0.3) is 0 Å². The minimum absolute atomic E-state index is 0.267. The molecule has 0 spiro atoms. The molecule has 0 radical (unpaired) electrons. The van der Waals surface area contributed by atoms with Crippen LogP contribution in [0.4, 0.5) is 4.79 Å². The fourth-order valence-corrected chi connectivity index (χ4v) is 1.59. The fourth-order valence-electron chi connectivity index (χ4n) is 1.21. The Morgan fingerprint density at radius 2 is 2.11 bits per heavy atom. The Balaban J connectivity index is 2.52. The third-order valence-electron chi connectivity index (χ3n) is 2.09. The predicted molar refractivity (Wildman–Crippen MR) is 68.6 cm³/mol. The zero-order valence-electron chi connectivity index (χ0n) is 9.70. The van der Waals surface area contributed by atoms with Crippen LogP contribution in [0.3, 0.4) is 0 Å². The largest absolute Gasteiger partial charge is 0.497 e.